The van der Waals surface area contributed by atoms with E-state index in [0.29, 0.717) is 18.4 Å². The predicted molar refractivity (Wildman–Crippen MR) is 65.2 cm³/mol. The van der Waals surface area contributed by atoms with Gasteiger partial charge in [-0.05, 0) is 30.0 Å². The molecule has 0 aliphatic carbocycles. The third kappa shape index (κ3) is 2.87. The van der Waals surface area contributed by atoms with Crippen LogP contribution in [0, 0.1) is 0 Å². The van der Waals surface area contributed by atoms with Crippen molar-refractivity contribution in [3.05, 3.63) is 29.3 Å². The summed E-state index contributed by atoms with van der Waals surface area (Å²) in [4.78, 5) is 21.6. The van der Waals surface area contributed by atoms with Crippen LogP contribution in [0.15, 0.2) is 18.2 Å². The molecule has 1 atom stereocenters. The van der Waals surface area contributed by atoms with Gasteiger partial charge >= 0.3 is 5.97 Å². The molecule has 1 aromatic carbocycles. The first-order chi connectivity index (χ1) is 8.56. The Hall–Kier alpha value is -1.88. The van der Waals surface area contributed by atoms with Crippen LogP contribution < -0.4 is 5.32 Å². The number of carbonyl (C=O) groups excluding carboxylic acids is 1. The predicted octanol–water partition coefficient (Wildman–Crippen LogP) is 1.47. The first-order valence-corrected chi connectivity index (χ1v) is 5.89. The smallest absolute Gasteiger partial charge is 0.303 e. The number of hydrogen-bond donors (Lipinski definition) is 3. The molecule has 2 rings (SSSR count). The molecule has 0 bridgehead atoms. The van der Waals surface area contributed by atoms with Gasteiger partial charge in [-0.25, -0.2) is 0 Å². The van der Waals surface area contributed by atoms with Crippen molar-refractivity contribution in [1.29, 1.82) is 0 Å². The Balaban J connectivity index is 2.11. The van der Waals surface area contributed by atoms with Gasteiger partial charge in [0.05, 0.1) is 6.10 Å². The third-order valence-electron chi connectivity index (χ3n) is 3.04. The lowest BCUT2D eigenvalue weighted by atomic mass is 9.97. The Kier molecular flexibility index (Phi) is 3.62. The van der Waals surface area contributed by atoms with Crippen molar-refractivity contribution >= 4 is 17.6 Å². The number of hydrogen-bond acceptors (Lipinski definition) is 3. The van der Waals surface area contributed by atoms with Gasteiger partial charge < -0.3 is 15.5 Å². The lowest BCUT2D eigenvalue weighted by Gasteiger charge is -2.19. The molecule has 3 N–H and O–H groups in total. The highest BCUT2D eigenvalue weighted by Crippen LogP contribution is 2.27. The topological polar surface area (TPSA) is 86.6 Å². The van der Waals surface area contributed by atoms with Crippen molar-refractivity contribution in [2.45, 2.75) is 31.8 Å². The fraction of sp³-hybridized carbons (Fsp3) is 0.385. The summed E-state index contributed by atoms with van der Waals surface area (Å²) in [6.45, 7) is 0. The minimum absolute atomic E-state index is 0.00155. The summed E-state index contributed by atoms with van der Waals surface area (Å²) in [6, 6.07) is 5.31. The maximum Gasteiger partial charge on any atom is 0.303 e. The van der Waals surface area contributed by atoms with Crippen LogP contribution in [0.3, 0.4) is 0 Å². The van der Waals surface area contributed by atoms with E-state index in [2.05, 4.69) is 5.32 Å². The number of anilines is 1. The maximum absolute atomic E-state index is 11.2. The van der Waals surface area contributed by atoms with E-state index < -0.39 is 12.1 Å². The Morgan fingerprint density at radius 3 is 2.89 bits per heavy atom. The van der Waals surface area contributed by atoms with Crippen molar-refractivity contribution < 1.29 is 19.8 Å². The number of rotatable bonds is 4. The van der Waals surface area contributed by atoms with Gasteiger partial charge in [0.2, 0.25) is 5.91 Å². The van der Waals surface area contributed by atoms with E-state index in [1.165, 1.54) is 0 Å². The SMILES string of the molecule is O=C(O)CCC(O)c1ccc2c(c1)CCC(=O)N2. The van der Waals surface area contributed by atoms with Crippen LogP contribution in [0.25, 0.3) is 0 Å². The van der Waals surface area contributed by atoms with Crippen molar-refractivity contribution in [2.24, 2.45) is 0 Å². The Labute approximate surface area is 104 Å². The minimum Gasteiger partial charge on any atom is -0.481 e. The molecule has 5 heteroatoms. The summed E-state index contributed by atoms with van der Waals surface area (Å²) < 4.78 is 0. The zero-order valence-electron chi connectivity index (χ0n) is 9.85. The molecule has 1 amide bonds. The minimum atomic E-state index is -0.917. The number of nitrogens with one attached hydrogen (secondary N) is 1. The van der Waals surface area contributed by atoms with E-state index in [4.69, 9.17) is 5.11 Å². The first-order valence-electron chi connectivity index (χ1n) is 5.89. The van der Waals surface area contributed by atoms with Gasteiger partial charge in [-0.2, -0.15) is 0 Å². The fourth-order valence-corrected chi connectivity index (χ4v) is 2.04. The Morgan fingerprint density at radius 1 is 1.39 bits per heavy atom. The molecule has 0 radical (unpaired) electrons. The van der Waals surface area contributed by atoms with Crippen LogP contribution in [0.4, 0.5) is 5.69 Å². The Morgan fingerprint density at radius 2 is 2.17 bits per heavy atom. The van der Waals surface area contributed by atoms with E-state index in [-0.39, 0.29) is 18.7 Å². The number of aryl methyl sites for hydroxylation is 1. The number of amides is 1. The number of carboxylic acids is 1. The van der Waals surface area contributed by atoms with Crippen LogP contribution in [0.1, 0.15) is 36.5 Å². The maximum atomic E-state index is 11.2. The zero-order chi connectivity index (χ0) is 13.1. The molecule has 1 aliphatic heterocycles. The second-order valence-electron chi connectivity index (χ2n) is 4.41. The average Bonchev–Trinajstić information content (AvgIpc) is 2.35. The number of carbonyl (C=O) groups is 2. The lowest BCUT2D eigenvalue weighted by Crippen LogP contribution is -2.19. The molecule has 0 saturated heterocycles. The molecule has 5 nitrogen and oxygen atoms in total. The number of benzene rings is 1. The highest BCUT2D eigenvalue weighted by atomic mass is 16.4. The van der Waals surface area contributed by atoms with E-state index in [1.807, 2.05) is 6.07 Å². The van der Waals surface area contributed by atoms with Crippen molar-refractivity contribution in [3.63, 3.8) is 0 Å². The second kappa shape index (κ2) is 5.18. The number of aliphatic hydroxyl groups is 1. The molecule has 96 valence electrons. The van der Waals surface area contributed by atoms with Gasteiger partial charge in [0.1, 0.15) is 0 Å². The number of fused-ring (bicyclic) bond motifs is 1. The van der Waals surface area contributed by atoms with E-state index in [1.54, 1.807) is 12.1 Å². The molecule has 1 unspecified atom stereocenters. The fourth-order valence-electron chi connectivity index (χ4n) is 2.04. The van der Waals surface area contributed by atoms with Crippen molar-refractivity contribution in [1.82, 2.24) is 0 Å². The van der Waals surface area contributed by atoms with Gasteiger partial charge in [-0.1, -0.05) is 12.1 Å². The third-order valence-corrected chi connectivity index (χ3v) is 3.04. The van der Waals surface area contributed by atoms with E-state index >= 15 is 0 Å². The van der Waals surface area contributed by atoms with Crippen LogP contribution in [0.5, 0.6) is 0 Å². The quantitative estimate of drug-likeness (QED) is 0.754. The van der Waals surface area contributed by atoms with Crippen LogP contribution in [-0.2, 0) is 16.0 Å². The molecular formula is C13H15NO4. The summed E-state index contributed by atoms with van der Waals surface area (Å²) in [5.41, 5.74) is 2.47. The molecule has 1 heterocycles. The molecule has 0 spiro atoms. The molecule has 0 saturated carbocycles. The second-order valence-corrected chi connectivity index (χ2v) is 4.41. The lowest BCUT2D eigenvalue weighted by molar-refractivity contribution is -0.137. The highest BCUT2D eigenvalue weighted by Gasteiger charge is 2.17. The normalized spacial score (nSPS) is 15.7. The van der Waals surface area contributed by atoms with Crippen LogP contribution >= 0.6 is 0 Å². The van der Waals surface area contributed by atoms with Gasteiger partial charge in [-0.15, -0.1) is 0 Å². The first kappa shape index (κ1) is 12.6. The van der Waals surface area contributed by atoms with E-state index in [0.717, 1.165) is 11.3 Å². The monoisotopic (exact) mass is 249 g/mol. The van der Waals surface area contributed by atoms with Gasteiger partial charge in [0, 0.05) is 18.5 Å². The van der Waals surface area contributed by atoms with E-state index in [9.17, 15) is 14.7 Å². The summed E-state index contributed by atoms with van der Waals surface area (Å²) >= 11 is 0. The summed E-state index contributed by atoms with van der Waals surface area (Å²) in [5.74, 6) is -0.916. The molecule has 18 heavy (non-hydrogen) atoms. The Bertz CT molecular complexity index is 484. The number of carboxylic acid groups (broad SMARTS) is 1. The molecule has 1 aromatic rings. The van der Waals surface area contributed by atoms with Crippen molar-refractivity contribution in [3.8, 4) is 0 Å². The van der Waals surface area contributed by atoms with Gasteiger partial charge in [-0.3, -0.25) is 9.59 Å². The number of aliphatic hydroxyl groups excluding tert-OH is 1. The molecular weight excluding hydrogens is 234 g/mol. The average molecular weight is 249 g/mol. The standard InChI is InChI=1S/C13H15NO4/c15-11(4-6-13(17)18)9-1-3-10-8(7-9)2-5-12(16)14-10/h1,3,7,11,15H,2,4-6H2,(H,14,16)(H,17,18). The van der Waals surface area contributed by atoms with Gasteiger partial charge in [0.15, 0.2) is 0 Å². The summed E-state index contributed by atoms with van der Waals surface area (Å²) in [6.07, 6.45) is 0.460. The molecule has 0 aromatic heterocycles. The highest BCUT2D eigenvalue weighted by molar-refractivity contribution is 5.93. The van der Waals surface area contributed by atoms with Crippen LogP contribution in [-0.4, -0.2) is 22.1 Å². The largest absolute Gasteiger partial charge is 0.481 e. The number of aliphatic carboxylic acids is 1. The molecule has 1 aliphatic rings. The van der Waals surface area contributed by atoms with Gasteiger partial charge in [0.25, 0.3) is 0 Å². The summed E-state index contributed by atoms with van der Waals surface area (Å²) in [5, 5.41) is 21.2. The van der Waals surface area contributed by atoms with Crippen LogP contribution in [0.2, 0.25) is 0 Å². The summed E-state index contributed by atoms with van der Waals surface area (Å²) in [7, 11) is 0. The zero-order valence-corrected chi connectivity index (χ0v) is 9.85. The van der Waals surface area contributed by atoms with Crippen molar-refractivity contribution in [2.75, 3.05) is 5.32 Å². The molecule has 0 fully saturated rings.